The van der Waals surface area contributed by atoms with Gasteiger partial charge in [0, 0.05) is 29.6 Å². The van der Waals surface area contributed by atoms with Gasteiger partial charge in [-0.1, -0.05) is 60.2 Å². The third-order valence-corrected chi connectivity index (χ3v) is 7.55. The lowest BCUT2D eigenvalue weighted by molar-refractivity contribution is -0.158. The zero-order valence-electron chi connectivity index (χ0n) is 18.8. The van der Waals surface area contributed by atoms with Crippen LogP contribution in [0.4, 0.5) is 0 Å². The lowest BCUT2D eigenvalue weighted by atomic mass is 9.86. The molecular formula is C28H29N3O2. The van der Waals surface area contributed by atoms with E-state index in [-0.39, 0.29) is 24.4 Å². The summed E-state index contributed by atoms with van der Waals surface area (Å²) in [7, 11) is 0. The predicted octanol–water partition coefficient (Wildman–Crippen LogP) is 4.74. The molecule has 5 heteroatoms. The molecule has 0 saturated carbocycles. The minimum Gasteiger partial charge on any atom is -0.356 e. The largest absolute Gasteiger partial charge is 0.356 e. The fourth-order valence-electron chi connectivity index (χ4n) is 5.90. The number of para-hydroxylation sites is 1. The molecule has 0 spiro atoms. The number of carbonyl (C=O) groups is 2. The van der Waals surface area contributed by atoms with Crippen molar-refractivity contribution in [1.82, 2.24) is 14.8 Å². The van der Waals surface area contributed by atoms with E-state index in [2.05, 4.69) is 35.3 Å². The van der Waals surface area contributed by atoms with E-state index in [4.69, 9.17) is 0 Å². The molecule has 3 aliphatic rings. The molecule has 6 rings (SSSR count). The van der Waals surface area contributed by atoms with Crippen LogP contribution in [0.25, 0.3) is 10.9 Å². The van der Waals surface area contributed by atoms with Crippen molar-refractivity contribution in [3.63, 3.8) is 0 Å². The standard InChI is InChI=1S/C28H29N3O2/c32-25-18-30(16-15-19-9-3-1-4-10-19)28(33)24-17-22-21-13-7-8-14-23(21)29-26(22)27(31(24)25)20-11-5-2-6-12-20/h2,5-9,11-14,24,27,29H,1,3-4,10,15-18H2. The molecule has 2 aromatic carbocycles. The van der Waals surface area contributed by atoms with Gasteiger partial charge in [0.1, 0.15) is 6.04 Å². The number of fused-ring (bicyclic) bond motifs is 4. The Bertz CT molecular complexity index is 1240. The van der Waals surface area contributed by atoms with Crippen LogP contribution in [0, 0.1) is 0 Å². The van der Waals surface area contributed by atoms with Crippen molar-refractivity contribution in [3.8, 4) is 0 Å². The maximum Gasteiger partial charge on any atom is 0.246 e. The quantitative estimate of drug-likeness (QED) is 0.597. The Hall–Kier alpha value is -3.34. The number of hydrogen-bond donors (Lipinski definition) is 1. The van der Waals surface area contributed by atoms with E-state index in [0.29, 0.717) is 13.0 Å². The molecule has 3 heterocycles. The Kier molecular flexibility index (Phi) is 5.05. The number of aromatic nitrogens is 1. The summed E-state index contributed by atoms with van der Waals surface area (Å²) in [6.45, 7) is 0.805. The number of piperazine rings is 1. The van der Waals surface area contributed by atoms with Crippen molar-refractivity contribution in [3.05, 3.63) is 83.1 Å². The van der Waals surface area contributed by atoms with Crippen LogP contribution in [0.1, 0.15) is 55.0 Å². The lowest BCUT2D eigenvalue weighted by Crippen LogP contribution is -2.63. The first-order valence-corrected chi connectivity index (χ1v) is 12.1. The molecule has 1 aliphatic carbocycles. The highest BCUT2D eigenvalue weighted by molar-refractivity contribution is 5.97. The van der Waals surface area contributed by atoms with Gasteiger partial charge in [0.25, 0.3) is 0 Å². The second-order valence-corrected chi connectivity index (χ2v) is 9.51. The molecule has 1 saturated heterocycles. The van der Waals surface area contributed by atoms with Gasteiger partial charge < -0.3 is 14.8 Å². The van der Waals surface area contributed by atoms with E-state index in [1.807, 2.05) is 35.2 Å². The molecule has 3 aromatic rings. The van der Waals surface area contributed by atoms with E-state index in [1.165, 1.54) is 24.0 Å². The van der Waals surface area contributed by atoms with Crippen LogP contribution >= 0.6 is 0 Å². The van der Waals surface area contributed by atoms with Gasteiger partial charge in [0.15, 0.2) is 0 Å². The average Bonchev–Trinajstić information content (AvgIpc) is 3.23. The van der Waals surface area contributed by atoms with Crippen LogP contribution in [0.3, 0.4) is 0 Å². The molecule has 1 N–H and O–H groups in total. The number of hydrogen-bond acceptors (Lipinski definition) is 2. The normalized spacial score (nSPS) is 22.8. The van der Waals surface area contributed by atoms with Gasteiger partial charge in [-0.05, 0) is 49.3 Å². The van der Waals surface area contributed by atoms with Crippen LogP contribution in [-0.4, -0.2) is 45.7 Å². The molecule has 2 aliphatic heterocycles. The average molecular weight is 440 g/mol. The minimum absolute atomic E-state index is 0.0374. The fourth-order valence-corrected chi connectivity index (χ4v) is 5.90. The highest BCUT2D eigenvalue weighted by atomic mass is 16.2. The number of nitrogens with one attached hydrogen (secondary N) is 1. The summed E-state index contributed by atoms with van der Waals surface area (Å²) >= 11 is 0. The maximum atomic E-state index is 13.7. The Labute approximate surface area is 194 Å². The SMILES string of the molecule is O=C1C2Cc3c([nH]c4ccccc34)C(c3ccccc3)N2C(=O)CN1CCC1=CCCCC1. The third-order valence-electron chi connectivity index (χ3n) is 7.55. The van der Waals surface area contributed by atoms with E-state index >= 15 is 0 Å². The van der Waals surface area contributed by atoms with Crippen molar-refractivity contribution in [2.24, 2.45) is 0 Å². The van der Waals surface area contributed by atoms with Gasteiger partial charge in [-0.2, -0.15) is 0 Å². The van der Waals surface area contributed by atoms with Gasteiger partial charge in [-0.25, -0.2) is 0 Å². The van der Waals surface area contributed by atoms with Crippen LogP contribution in [0.15, 0.2) is 66.2 Å². The van der Waals surface area contributed by atoms with Crippen molar-refractivity contribution in [2.45, 2.75) is 50.6 Å². The highest BCUT2D eigenvalue weighted by Crippen LogP contribution is 2.42. The summed E-state index contributed by atoms with van der Waals surface area (Å²) in [5.74, 6) is 0.123. The zero-order valence-corrected chi connectivity index (χ0v) is 18.8. The molecular weight excluding hydrogens is 410 g/mol. The van der Waals surface area contributed by atoms with Crippen molar-refractivity contribution < 1.29 is 9.59 Å². The smallest absolute Gasteiger partial charge is 0.246 e. The second kappa shape index (κ2) is 8.22. The number of H-pyrrole nitrogens is 1. The number of carbonyl (C=O) groups excluding carboxylic acids is 2. The van der Waals surface area contributed by atoms with E-state index in [9.17, 15) is 9.59 Å². The fraction of sp³-hybridized carbons (Fsp3) is 0.357. The molecule has 33 heavy (non-hydrogen) atoms. The molecule has 2 amide bonds. The summed E-state index contributed by atoms with van der Waals surface area (Å²) in [5.41, 5.74) is 5.74. The van der Waals surface area contributed by atoms with Gasteiger partial charge in [0.05, 0.1) is 12.6 Å². The lowest BCUT2D eigenvalue weighted by Gasteiger charge is -2.47. The molecule has 1 fully saturated rings. The number of amides is 2. The van der Waals surface area contributed by atoms with E-state index in [0.717, 1.165) is 41.4 Å². The first-order valence-electron chi connectivity index (χ1n) is 12.1. The predicted molar refractivity (Wildman–Crippen MR) is 129 cm³/mol. The summed E-state index contributed by atoms with van der Waals surface area (Å²) in [4.78, 5) is 34.5. The monoisotopic (exact) mass is 439 g/mol. The first kappa shape index (κ1) is 20.3. The zero-order chi connectivity index (χ0) is 22.4. The summed E-state index contributed by atoms with van der Waals surface area (Å²) in [6.07, 6.45) is 8.53. The van der Waals surface area contributed by atoms with E-state index in [1.54, 1.807) is 4.90 Å². The number of allylic oxidation sites excluding steroid dienone is 1. The number of benzene rings is 2. The summed E-state index contributed by atoms with van der Waals surface area (Å²) in [6, 6.07) is 17.6. The molecule has 168 valence electrons. The molecule has 0 radical (unpaired) electrons. The molecule has 5 nitrogen and oxygen atoms in total. The van der Waals surface area contributed by atoms with Crippen LogP contribution in [-0.2, 0) is 16.0 Å². The van der Waals surface area contributed by atoms with Gasteiger partial charge in [-0.3, -0.25) is 9.59 Å². The van der Waals surface area contributed by atoms with E-state index < -0.39 is 6.04 Å². The summed E-state index contributed by atoms with van der Waals surface area (Å²) in [5, 5.41) is 1.15. The van der Waals surface area contributed by atoms with Crippen LogP contribution < -0.4 is 0 Å². The Morgan fingerprint density at radius 3 is 2.61 bits per heavy atom. The Morgan fingerprint density at radius 2 is 1.79 bits per heavy atom. The maximum absolute atomic E-state index is 13.7. The molecule has 1 aromatic heterocycles. The highest BCUT2D eigenvalue weighted by Gasteiger charge is 2.48. The second-order valence-electron chi connectivity index (χ2n) is 9.51. The van der Waals surface area contributed by atoms with Crippen molar-refractivity contribution in [2.75, 3.05) is 13.1 Å². The Balaban J connectivity index is 1.38. The van der Waals surface area contributed by atoms with Crippen molar-refractivity contribution in [1.29, 1.82) is 0 Å². The van der Waals surface area contributed by atoms with Gasteiger partial charge >= 0.3 is 0 Å². The molecule has 2 unspecified atom stereocenters. The van der Waals surface area contributed by atoms with Gasteiger partial charge in [0.2, 0.25) is 11.8 Å². The van der Waals surface area contributed by atoms with Crippen LogP contribution in [0.2, 0.25) is 0 Å². The first-order chi connectivity index (χ1) is 16.2. The summed E-state index contributed by atoms with van der Waals surface area (Å²) < 4.78 is 0. The van der Waals surface area contributed by atoms with Crippen LogP contribution in [0.5, 0.6) is 0 Å². The third kappa shape index (κ3) is 3.47. The van der Waals surface area contributed by atoms with Crippen molar-refractivity contribution >= 4 is 22.7 Å². The minimum atomic E-state index is -0.455. The number of nitrogens with zero attached hydrogens (tertiary/aromatic N) is 2. The Morgan fingerprint density at radius 1 is 0.970 bits per heavy atom. The number of rotatable bonds is 4. The topological polar surface area (TPSA) is 56.4 Å². The molecule has 2 atom stereocenters. The molecule has 0 bridgehead atoms. The van der Waals surface area contributed by atoms with Gasteiger partial charge in [-0.15, -0.1) is 0 Å². The number of aromatic amines is 1.